The Labute approximate surface area is 153 Å². The molecule has 0 atom stereocenters. The molecule has 0 saturated carbocycles. The van der Waals surface area contributed by atoms with E-state index >= 15 is 0 Å². The molecule has 0 aliphatic carbocycles. The molecule has 3 aromatic rings. The fraction of sp³-hybridized carbons (Fsp3) is 0.0556. The third kappa shape index (κ3) is 4.04. The first-order valence-electron chi connectivity index (χ1n) is 7.65. The number of rotatable bonds is 4. The average molecular weight is 370 g/mol. The Morgan fingerprint density at radius 2 is 1.96 bits per heavy atom. The maximum absolute atomic E-state index is 13.0. The highest BCUT2D eigenvalue weighted by molar-refractivity contribution is 7.11. The second-order valence-corrected chi connectivity index (χ2v) is 6.32. The van der Waals surface area contributed by atoms with Crippen LogP contribution in [-0.2, 0) is 4.79 Å². The first kappa shape index (κ1) is 17.6. The number of thiophene rings is 1. The van der Waals surface area contributed by atoms with Crippen molar-refractivity contribution in [3.8, 4) is 5.69 Å². The maximum atomic E-state index is 13.0. The molecule has 0 fully saturated rings. The van der Waals surface area contributed by atoms with E-state index < -0.39 is 11.8 Å². The lowest BCUT2D eigenvalue weighted by Crippen LogP contribution is -2.41. The number of imidazole rings is 1. The van der Waals surface area contributed by atoms with E-state index in [9.17, 15) is 14.0 Å². The first-order chi connectivity index (χ1) is 12.5. The predicted octanol–water partition coefficient (Wildman–Crippen LogP) is 2.86. The summed E-state index contributed by atoms with van der Waals surface area (Å²) in [5.41, 5.74) is 6.50. The number of hydrogen-bond donors (Lipinski definition) is 2. The molecule has 2 amide bonds. The summed E-state index contributed by atoms with van der Waals surface area (Å²) in [6.07, 6.45) is 5.82. The lowest BCUT2D eigenvalue weighted by atomic mass is 10.3. The highest BCUT2D eigenvalue weighted by Crippen LogP contribution is 2.16. The predicted molar refractivity (Wildman–Crippen MR) is 97.2 cm³/mol. The van der Waals surface area contributed by atoms with Crippen molar-refractivity contribution in [3.63, 3.8) is 0 Å². The van der Waals surface area contributed by atoms with Gasteiger partial charge in [0.2, 0.25) is 0 Å². The van der Waals surface area contributed by atoms with Crippen LogP contribution in [0.1, 0.15) is 20.9 Å². The molecule has 0 radical (unpaired) electrons. The van der Waals surface area contributed by atoms with E-state index in [0.717, 1.165) is 10.4 Å². The first-order valence-corrected chi connectivity index (χ1v) is 8.53. The van der Waals surface area contributed by atoms with Crippen LogP contribution in [0.3, 0.4) is 0 Å². The largest absolute Gasteiger partial charge is 0.295 e. The number of hydrogen-bond acceptors (Lipinski definition) is 4. The smallest absolute Gasteiger partial charge is 0.288 e. The summed E-state index contributed by atoms with van der Waals surface area (Å²) >= 11 is 1.52. The number of amides is 2. The fourth-order valence-electron chi connectivity index (χ4n) is 2.20. The number of carbonyl (C=O) groups excluding carboxylic acids is 2. The molecule has 2 N–H and O–H groups in total. The van der Waals surface area contributed by atoms with Gasteiger partial charge in [-0.15, -0.1) is 11.3 Å². The minimum Gasteiger partial charge on any atom is -0.295 e. The summed E-state index contributed by atoms with van der Waals surface area (Å²) in [6, 6.07) is 7.59. The van der Waals surface area contributed by atoms with E-state index in [1.807, 2.05) is 18.4 Å². The topological polar surface area (TPSA) is 76.0 Å². The Morgan fingerprint density at radius 3 is 2.65 bits per heavy atom. The minimum absolute atomic E-state index is 0.204. The van der Waals surface area contributed by atoms with Crippen LogP contribution in [0.25, 0.3) is 11.8 Å². The molecule has 1 aromatic carbocycles. The van der Waals surface area contributed by atoms with Crippen LogP contribution in [0.4, 0.5) is 4.39 Å². The number of nitrogens with zero attached hydrogens (tertiary/aromatic N) is 2. The Balaban J connectivity index is 1.63. The average Bonchev–Trinajstić information content (AvgIpc) is 3.27. The third-order valence-corrected chi connectivity index (χ3v) is 4.55. The van der Waals surface area contributed by atoms with Crippen molar-refractivity contribution in [3.05, 3.63) is 76.3 Å². The fourth-order valence-corrected chi connectivity index (χ4v) is 3.02. The molecule has 0 spiro atoms. The molecule has 0 unspecified atom stereocenters. The zero-order valence-electron chi connectivity index (χ0n) is 13.8. The highest BCUT2D eigenvalue weighted by atomic mass is 32.1. The van der Waals surface area contributed by atoms with E-state index in [0.29, 0.717) is 5.69 Å². The molecule has 0 aliphatic heterocycles. The van der Waals surface area contributed by atoms with Gasteiger partial charge in [0.1, 0.15) is 11.5 Å². The molecule has 2 heterocycles. The number of benzene rings is 1. The van der Waals surface area contributed by atoms with Crippen LogP contribution in [0.5, 0.6) is 0 Å². The van der Waals surface area contributed by atoms with Gasteiger partial charge in [0.15, 0.2) is 0 Å². The lowest BCUT2D eigenvalue weighted by molar-refractivity contribution is -0.117. The second kappa shape index (κ2) is 7.75. The molecule has 0 aliphatic rings. The Bertz CT molecular complexity index is 960. The molecule has 0 bridgehead atoms. The molecular formula is C18H15FN4O2S. The van der Waals surface area contributed by atoms with Crippen molar-refractivity contribution in [1.29, 1.82) is 0 Å². The molecule has 132 valence electrons. The lowest BCUT2D eigenvalue weighted by Gasteiger charge is -2.09. The van der Waals surface area contributed by atoms with E-state index in [-0.39, 0.29) is 11.5 Å². The number of halogens is 1. The van der Waals surface area contributed by atoms with E-state index in [2.05, 4.69) is 15.8 Å². The highest BCUT2D eigenvalue weighted by Gasteiger charge is 2.13. The number of nitrogens with one attached hydrogen (secondary N) is 2. The van der Waals surface area contributed by atoms with Gasteiger partial charge >= 0.3 is 0 Å². The van der Waals surface area contributed by atoms with Crippen LogP contribution < -0.4 is 10.9 Å². The summed E-state index contributed by atoms with van der Waals surface area (Å²) in [5.74, 6) is -1.38. The molecule has 3 rings (SSSR count). The van der Waals surface area contributed by atoms with Gasteiger partial charge in [-0.2, -0.15) is 0 Å². The summed E-state index contributed by atoms with van der Waals surface area (Å²) in [7, 11) is 0. The van der Waals surface area contributed by atoms with Crippen LogP contribution in [0, 0.1) is 12.7 Å². The van der Waals surface area contributed by atoms with Crippen molar-refractivity contribution in [1.82, 2.24) is 20.4 Å². The molecule has 26 heavy (non-hydrogen) atoms. The molecule has 2 aromatic heterocycles. The minimum atomic E-state index is -0.541. The number of carbonyl (C=O) groups is 2. The number of aromatic nitrogens is 2. The molecule has 0 saturated heterocycles. The van der Waals surface area contributed by atoms with E-state index in [4.69, 9.17) is 0 Å². The Hall–Kier alpha value is -3.26. The van der Waals surface area contributed by atoms with Crippen molar-refractivity contribution >= 4 is 29.2 Å². The van der Waals surface area contributed by atoms with Crippen molar-refractivity contribution in [2.75, 3.05) is 0 Å². The molecular weight excluding hydrogens is 355 g/mol. The third-order valence-electron chi connectivity index (χ3n) is 3.56. The number of hydrazine groups is 1. The van der Waals surface area contributed by atoms with Gasteiger partial charge in [0, 0.05) is 16.6 Å². The number of aryl methyl sites for hydroxylation is 1. The van der Waals surface area contributed by atoms with E-state index in [1.54, 1.807) is 6.08 Å². The Kier molecular flexibility index (Phi) is 5.23. The quantitative estimate of drug-likeness (QED) is 0.548. The summed E-state index contributed by atoms with van der Waals surface area (Å²) in [5, 5.41) is 1.94. The second-order valence-electron chi connectivity index (χ2n) is 5.37. The summed E-state index contributed by atoms with van der Waals surface area (Å²) in [4.78, 5) is 29.0. The van der Waals surface area contributed by atoms with Gasteiger partial charge in [0.25, 0.3) is 11.8 Å². The monoisotopic (exact) mass is 370 g/mol. The van der Waals surface area contributed by atoms with Gasteiger partial charge in [-0.1, -0.05) is 0 Å². The van der Waals surface area contributed by atoms with Crippen LogP contribution in [0.2, 0.25) is 0 Å². The van der Waals surface area contributed by atoms with Gasteiger partial charge < -0.3 is 0 Å². The van der Waals surface area contributed by atoms with Gasteiger partial charge in [-0.25, -0.2) is 9.37 Å². The maximum Gasteiger partial charge on any atom is 0.288 e. The van der Waals surface area contributed by atoms with Crippen molar-refractivity contribution in [2.24, 2.45) is 0 Å². The van der Waals surface area contributed by atoms with Gasteiger partial charge in [-0.05, 0) is 54.3 Å². The summed E-state index contributed by atoms with van der Waals surface area (Å²) < 4.78 is 14.5. The van der Waals surface area contributed by atoms with Crippen LogP contribution in [0.15, 0.2) is 54.3 Å². The van der Waals surface area contributed by atoms with Gasteiger partial charge in [-0.3, -0.25) is 25.0 Å². The molecule has 6 nitrogen and oxygen atoms in total. The van der Waals surface area contributed by atoms with Gasteiger partial charge in [0.05, 0.1) is 12.5 Å². The van der Waals surface area contributed by atoms with E-state index in [1.165, 1.54) is 58.8 Å². The Morgan fingerprint density at radius 1 is 1.19 bits per heavy atom. The zero-order valence-corrected chi connectivity index (χ0v) is 14.6. The van der Waals surface area contributed by atoms with Crippen molar-refractivity contribution < 1.29 is 14.0 Å². The van der Waals surface area contributed by atoms with Crippen molar-refractivity contribution in [2.45, 2.75) is 6.92 Å². The standard InChI is InChI=1S/C18H15FN4O2S/c1-12-8-9-26-16(12)6-7-17(24)21-22-18(25)15-10-20-11-23(15)14-4-2-13(19)3-5-14/h2-11H,1H3,(H,21,24)(H,22,25)/b7-6+. The van der Waals surface area contributed by atoms with Crippen LogP contribution >= 0.6 is 11.3 Å². The SMILES string of the molecule is Cc1ccsc1/C=C/C(=O)NNC(=O)c1cncn1-c1ccc(F)cc1. The summed E-state index contributed by atoms with van der Waals surface area (Å²) in [6.45, 7) is 1.95. The zero-order chi connectivity index (χ0) is 18.5. The molecule has 8 heteroatoms. The van der Waals surface area contributed by atoms with Crippen LogP contribution in [-0.4, -0.2) is 21.4 Å². The normalized spacial score (nSPS) is 10.8.